The standard InChI is InChI=1S/C24H24N6O2S/c1-16-21(23(32)30(28(16)2)19-11-7-4-8-12-19)25-20(31)15-33-24-26-22(17-13-14-17)29(27-24)18-9-5-3-6-10-18/h3-12,17H,13-15H2,1-2H3,(H,25,31). The molecular formula is C24H24N6O2S. The van der Waals surface area contributed by atoms with Crippen LogP contribution in [0, 0.1) is 6.92 Å². The summed E-state index contributed by atoms with van der Waals surface area (Å²) in [5.74, 6) is 1.20. The van der Waals surface area contributed by atoms with Gasteiger partial charge in [-0.1, -0.05) is 48.2 Å². The van der Waals surface area contributed by atoms with Crippen LogP contribution >= 0.6 is 11.8 Å². The third kappa shape index (κ3) is 4.23. The minimum absolute atomic E-state index is 0.113. The number of para-hydroxylation sites is 2. The topological polar surface area (TPSA) is 86.7 Å². The number of aromatic nitrogens is 5. The van der Waals surface area contributed by atoms with Gasteiger partial charge in [-0.05, 0) is 44.0 Å². The summed E-state index contributed by atoms with van der Waals surface area (Å²) in [6, 6.07) is 19.3. The quantitative estimate of drug-likeness (QED) is 0.425. The molecule has 1 fully saturated rings. The summed E-state index contributed by atoms with van der Waals surface area (Å²) in [6.07, 6.45) is 2.22. The fraction of sp³-hybridized carbons (Fsp3) is 0.250. The summed E-state index contributed by atoms with van der Waals surface area (Å²) >= 11 is 1.27. The molecule has 0 spiro atoms. The highest BCUT2D eigenvalue weighted by Gasteiger charge is 2.30. The lowest BCUT2D eigenvalue weighted by atomic mass is 10.3. The van der Waals surface area contributed by atoms with E-state index < -0.39 is 0 Å². The second-order valence-electron chi connectivity index (χ2n) is 8.05. The molecule has 4 aromatic rings. The largest absolute Gasteiger partial charge is 0.319 e. The first kappa shape index (κ1) is 21.3. The Morgan fingerprint density at radius 3 is 2.33 bits per heavy atom. The molecule has 1 saturated carbocycles. The SMILES string of the molecule is Cc1c(NC(=O)CSc2nc(C3CC3)n(-c3ccccc3)n2)c(=O)n(-c2ccccc2)n1C. The minimum Gasteiger partial charge on any atom is -0.319 e. The van der Waals surface area contributed by atoms with Gasteiger partial charge in [0.2, 0.25) is 11.1 Å². The summed E-state index contributed by atoms with van der Waals surface area (Å²) in [5, 5.41) is 7.98. The molecule has 2 aromatic heterocycles. The molecule has 0 radical (unpaired) electrons. The highest BCUT2D eigenvalue weighted by atomic mass is 32.2. The Morgan fingerprint density at radius 1 is 1.06 bits per heavy atom. The Morgan fingerprint density at radius 2 is 1.70 bits per heavy atom. The van der Waals surface area contributed by atoms with Gasteiger partial charge in [0, 0.05) is 13.0 Å². The van der Waals surface area contributed by atoms with Crippen molar-refractivity contribution in [3.05, 3.63) is 82.5 Å². The summed E-state index contributed by atoms with van der Waals surface area (Å²) in [5.41, 5.74) is 2.41. The molecule has 9 heteroatoms. The molecule has 1 amide bonds. The van der Waals surface area contributed by atoms with Crippen molar-refractivity contribution in [3.63, 3.8) is 0 Å². The number of benzene rings is 2. The maximum atomic E-state index is 13.0. The first-order valence-electron chi connectivity index (χ1n) is 10.8. The van der Waals surface area contributed by atoms with Gasteiger partial charge in [-0.15, -0.1) is 5.10 Å². The van der Waals surface area contributed by atoms with Gasteiger partial charge in [-0.25, -0.2) is 14.3 Å². The number of thioether (sulfide) groups is 1. The van der Waals surface area contributed by atoms with Crippen molar-refractivity contribution in [1.29, 1.82) is 0 Å². The smallest absolute Gasteiger partial charge is 0.295 e. The Bertz CT molecular complexity index is 1350. The van der Waals surface area contributed by atoms with Crippen LogP contribution < -0.4 is 10.9 Å². The number of carbonyl (C=O) groups excluding carboxylic acids is 1. The van der Waals surface area contributed by atoms with E-state index >= 15 is 0 Å². The number of hydrogen-bond acceptors (Lipinski definition) is 5. The fourth-order valence-corrected chi connectivity index (χ4v) is 4.38. The van der Waals surface area contributed by atoms with E-state index in [4.69, 9.17) is 0 Å². The van der Waals surface area contributed by atoms with E-state index in [0.717, 1.165) is 30.0 Å². The number of carbonyl (C=O) groups is 1. The molecule has 0 aliphatic heterocycles. The van der Waals surface area contributed by atoms with E-state index in [9.17, 15) is 9.59 Å². The van der Waals surface area contributed by atoms with Gasteiger partial charge in [0.25, 0.3) is 5.56 Å². The number of nitrogens with zero attached hydrogens (tertiary/aromatic N) is 5. The lowest BCUT2D eigenvalue weighted by Crippen LogP contribution is -2.23. The van der Waals surface area contributed by atoms with Crippen LogP contribution in [-0.2, 0) is 11.8 Å². The van der Waals surface area contributed by atoms with Crippen molar-refractivity contribution in [1.82, 2.24) is 24.1 Å². The average molecular weight is 461 g/mol. The summed E-state index contributed by atoms with van der Waals surface area (Å²) in [6.45, 7) is 1.81. The summed E-state index contributed by atoms with van der Waals surface area (Å²) in [4.78, 5) is 30.4. The van der Waals surface area contributed by atoms with Gasteiger partial charge in [0.05, 0.1) is 22.8 Å². The lowest BCUT2D eigenvalue weighted by molar-refractivity contribution is -0.113. The molecule has 2 heterocycles. The molecule has 1 aliphatic rings. The van der Waals surface area contributed by atoms with Crippen LogP contribution in [0.5, 0.6) is 0 Å². The van der Waals surface area contributed by atoms with Gasteiger partial charge in [-0.3, -0.25) is 14.3 Å². The number of anilines is 1. The predicted molar refractivity (Wildman–Crippen MR) is 128 cm³/mol. The molecule has 1 N–H and O–H groups in total. The third-order valence-corrected chi connectivity index (χ3v) is 6.54. The third-order valence-electron chi connectivity index (χ3n) is 5.71. The average Bonchev–Trinajstić information content (AvgIpc) is 3.56. The second-order valence-corrected chi connectivity index (χ2v) is 8.99. The summed E-state index contributed by atoms with van der Waals surface area (Å²) < 4.78 is 5.16. The van der Waals surface area contributed by atoms with Crippen LogP contribution in [0.3, 0.4) is 0 Å². The van der Waals surface area contributed by atoms with Crippen molar-refractivity contribution < 1.29 is 4.79 Å². The predicted octanol–water partition coefficient (Wildman–Crippen LogP) is 3.67. The van der Waals surface area contributed by atoms with Gasteiger partial charge in [0.15, 0.2) is 0 Å². The monoisotopic (exact) mass is 460 g/mol. The molecule has 0 saturated heterocycles. The molecule has 8 nitrogen and oxygen atoms in total. The molecular weight excluding hydrogens is 436 g/mol. The zero-order valence-electron chi connectivity index (χ0n) is 18.4. The Labute approximate surface area is 195 Å². The van der Waals surface area contributed by atoms with Crippen molar-refractivity contribution in [3.8, 4) is 11.4 Å². The first-order valence-corrected chi connectivity index (χ1v) is 11.8. The van der Waals surface area contributed by atoms with Crippen molar-refractivity contribution >= 4 is 23.4 Å². The molecule has 168 valence electrons. The molecule has 5 rings (SSSR count). The Balaban J connectivity index is 1.32. The van der Waals surface area contributed by atoms with Crippen LogP contribution in [0.15, 0.2) is 70.6 Å². The maximum absolute atomic E-state index is 13.0. The van der Waals surface area contributed by atoms with Gasteiger partial charge >= 0.3 is 0 Å². The number of rotatable bonds is 7. The Hall–Kier alpha value is -3.59. The lowest BCUT2D eigenvalue weighted by Gasteiger charge is -2.07. The van der Waals surface area contributed by atoms with Crippen LogP contribution in [-0.4, -0.2) is 35.8 Å². The molecule has 1 aliphatic carbocycles. The maximum Gasteiger partial charge on any atom is 0.295 e. The van der Waals surface area contributed by atoms with Crippen LogP contribution in [0.25, 0.3) is 11.4 Å². The molecule has 0 atom stereocenters. The number of hydrogen-bond donors (Lipinski definition) is 1. The Kier molecular flexibility index (Phi) is 5.63. The number of amides is 1. The zero-order valence-corrected chi connectivity index (χ0v) is 19.2. The van der Waals surface area contributed by atoms with E-state index in [1.807, 2.05) is 72.3 Å². The number of nitrogens with one attached hydrogen (secondary N) is 1. The molecule has 33 heavy (non-hydrogen) atoms. The fourth-order valence-electron chi connectivity index (χ4n) is 3.75. The van der Waals surface area contributed by atoms with E-state index in [-0.39, 0.29) is 22.9 Å². The highest BCUT2D eigenvalue weighted by Crippen LogP contribution is 2.40. The van der Waals surface area contributed by atoms with Gasteiger partial charge in [-0.2, -0.15) is 0 Å². The minimum atomic E-state index is -0.268. The van der Waals surface area contributed by atoms with Crippen molar-refractivity contribution in [2.75, 3.05) is 11.1 Å². The first-order chi connectivity index (χ1) is 16.0. The normalized spacial score (nSPS) is 13.3. The second kappa shape index (κ2) is 8.74. The van der Waals surface area contributed by atoms with Gasteiger partial charge < -0.3 is 5.32 Å². The van der Waals surface area contributed by atoms with E-state index in [0.29, 0.717) is 16.8 Å². The molecule has 2 aromatic carbocycles. The highest BCUT2D eigenvalue weighted by molar-refractivity contribution is 7.99. The summed E-state index contributed by atoms with van der Waals surface area (Å²) in [7, 11) is 1.80. The van der Waals surface area contributed by atoms with E-state index in [2.05, 4.69) is 15.4 Å². The molecule has 0 bridgehead atoms. The van der Waals surface area contributed by atoms with Crippen molar-refractivity contribution in [2.24, 2.45) is 7.05 Å². The van der Waals surface area contributed by atoms with E-state index in [1.165, 1.54) is 11.8 Å². The zero-order chi connectivity index (χ0) is 22.9. The van der Waals surface area contributed by atoms with E-state index in [1.54, 1.807) is 16.4 Å². The van der Waals surface area contributed by atoms with Crippen LogP contribution in [0.2, 0.25) is 0 Å². The van der Waals surface area contributed by atoms with Gasteiger partial charge in [0.1, 0.15) is 11.5 Å². The molecule has 0 unspecified atom stereocenters. The van der Waals surface area contributed by atoms with Crippen molar-refractivity contribution in [2.45, 2.75) is 30.8 Å². The van der Waals surface area contributed by atoms with Crippen LogP contribution in [0.1, 0.15) is 30.3 Å². The van der Waals surface area contributed by atoms with Crippen LogP contribution in [0.4, 0.5) is 5.69 Å².